The first-order valence-electron chi connectivity index (χ1n) is 12.4. The minimum Gasteiger partial charge on any atom is -0.324 e. The molecule has 3 rings (SSSR count). The largest absolute Gasteiger partial charge is 0.324 e. The van der Waals surface area contributed by atoms with E-state index in [0.717, 1.165) is 31.2 Å². The van der Waals surface area contributed by atoms with Crippen molar-refractivity contribution in [2.45, 2.75) is 72.4 Å². The number of hydrogen-bond donors (Lipinski definition) is 0. The molecule has 0 spiro atoms. The van der Waals surface area contributed by atoms with E-state index in [1.165, 1.54) is 6.42 Å². The van der Waals surface area contributed by atoms with Gasteiger partial charge in [-0.2, -0.15) is 0 Å². The van der Waals surface area contributed by atoms with Crippen LogP contribution in [0.2, 0.25) is 0 Å². The van der Waals surface area contributed by atoms with Crippen molar-refractivity contribution in [2.24, 2.45) is 10.8 Å². The highest BCUT2D eigenvalue weighted by Crippen LogP contribution is 2.42. The van der Waals surface area contributed by atoms with Gasteiger partial charge >= 0.3 is 0 Å². The Balaban J connectivity index is 2.04. The van der Waals surface area contributed by atoms with Gasteiger partial charge in [-0.15, -0.1) is 0 Å². The van der Waals surface area contributed by atoms with E-state index in [-0.39, 0.29) is 23.4 Å². The average Bonchev–Trinajstić information content (AvgIpc) is 2.80. The molecule has 4 heteroatoms. The molecular weight excluding hydrogens is 408 g/mol. The summed E-state index contributed by atoms with van der Waals surface area (Å²) in [5, 5.41) is 0. The Hall–Kier alpha value is -2.62. The van der Waals surface area contributed by atoms with Crippen molar-refractivity contribution in [3.63, 3.8) is 0 Å². The Bertz CT molecular complexity index is 920. The molecule has 0 bridgehead atoms. The molecule has 2 aromatic rings. The van der Waals surface area contributed by atoms with Crippen molar-refractivity contribution in [1.82, 2.24) is 9.80 Å². The second-order valence-electron chi connectivity index (χ2n) is 10.7. The number of nitrogens with zero attached hydrogens (tertiary/aromatic N) is 2. The predicted molar refractivity (Wildman–Crippen MR) is 135 cm³/mol. The van der Waals surface area contributed by atoms with Crippen molar-refractivity contribution in [2.75, 3.05) is 13.6 Å². The SMILES string of the molecule is CCCCCC[C@]1(Cc2ccccc2)CN(C(=O)c2ccccc2)[C@@H](C(C)(C)C)N(C)C1=O. The summed E-state index contributed by atoms with van der Waals surface area (Å²) in [5.41, 5.74) is 0.941. The Kier molecular flexibility index (Phi) is 7.99. The zero-order chi connectivity index (χ0) is 24.1. The van der Waals surface area contributed by atoms with Crippen LogP contribution in [0.3, 0.4) is 0 Å². The standard InChI is InChI=1S/C29H40N2O2/c1-6-7-8-15-20-29(21-23-16-11-9-12-17-23)22-31(25(32)24-18-13-10-14-19-24)26(28(2,3)4)30(5)27(29)33/h9-14,16-19,26H,6-8,15,20-22H2,1-5H3/t26-,29-/m0/s1. The van der Waals surface area contributed by atoms with Gasteiger partial charge in [0.25, 0.3) is 5.91 Å². The topological polar surface area (TPSA) is 40.6 Å². The minimum atomic E-state index is -0.615. The number of benzene rings is 2. The fraction of sp³-hybridized carbons (Fsp3) is 0.517. The van der Waals surface area contributed by atoms with E-state index < -0.39 is 5.41 Å². The van der Waals surface area contributed by atoms with E-state index in [1.807, 2.05) is 65.4 Å². The molecule has 1 saturated heterocycles. The van der Waals surface area contributed by atoms with Crippen LogP contribution in [-0.2, 0) is 11.2 Å². The Morgan fingerprint density at radius 1 is 0.970 bits per heavy atom. The monoisotopic (exact) mass is 448 g/mol. The number of unbranched alkanes of at least 4 members (excludes halogenated alkanes) is 3. The van der Waals surface area contributed by atoms with Crippen molar-refractivity contribution in [3.05, 3.63) is 71.8 Å². The Labute approximate surface area is 200 Å². The van der Waals surface area contributed by atoms with E-state index in [0.29, 0.717) is 18.5 Å². The lowest BCUT2D eigenvalue weighted by atomic mass is 9.72. The molecule has 0 radical (unpaired) electrons. The van der Waals surface area contributed by atoms with Crippen molar-refractivity contribution >= 4 is 11.8 Å². The first kappa shape index (κ1) is 25.0. The quantitative estimate of drug-likeness (QED) is 0.453. The van der Waals surface area contributed by atoms with Crippen LogP contribution in [0, 0.1) is 10.8 Å². The highest BCUT2D eigenvalue weighted by molar-refractivity contribution is 5.96. The second kappa shape index (κ2) is 10.5. The fourth-order valence-corrected chi connectivity index (χ4v) is 5.43. The number of hydrogen-bond acceptors (Lipinski definition) is 2. The number of carbonyl (C=O) groups is 2. The van der Waals surface area contributed by atoms with Crippen LogP contribution in [0.5, 0.6) is 0 Å². The van der Waals surface area contributed by atoms with Gasteiger partial charge in [0, 0.05) is 24.6 Å². The summed E-state index contributed by atoms with van der Waals surface area (Å²) in [6, 6.07) is 19.7. The molecule has 4 nitrogen and oxygen atoms in total. The van der Waals surface area contributed by atoms with Crippen molar-refractivity contribution in [1.29, 1.82) is 0 Å². The van der Waals surface area contributed by atoms with Crippen LogP contribution >= 0.6 is 0 Å². The van der Waals surface area contributed by atoms with Gasteiger partial charge in [-0.05, 0) is 30.5 Å². The summed E-state index contributed by atoms with van der Waals surface area (Å²) in [7, 11) is 1.88. The van der Waals surface area contributed by atoms with Gasteiger partial charge in [0.05, 0.1) is 5.41 Å². The zero-order valence-electron chi connectivity index (χ0n) is 21.0. The first-order chi connectivity index (χ1) is 15.7. The number of carbonyl (C=O) groups excluding carboxylic acids is 2. The minimum absolute atomic E-state index is 0.000805. The summed E-state index contributed by atoms with van der Waals surface area (Å²) < 4.78 is 0. The van der Waals surface area contributed by atoms with Gasteiger partial charge in [0.15, 0.2) is 0 Å². The lowest BCUT2D eigenvalue weighted by molar-refractivity contribution is -0.164. The van der Waals surface area contributed by atoms with Crippen LogP contribution in [0.1, 0.15) is 75.7 Å². The maximum Gasteiger partial charge on any atom is 0.255 e. The molecule has 1 heterocycles. The molecule has 1 aliphatic heterocycles. The highest BCUT2D eigenvalue weighted by atomic mass is 16.2. The zero-order valence-corrected chi connectivity index (χ0v) is 21.0. The summed E-state index contributed by atoms with van der Waals surface area (Å²) in [6.07, 6.45) is 5.58. The van der Waals surface area contributed by atoms with Gasteiger partial charge in [0.2, 0.25) is 5.91 Å². The third-order valence-electron chi connectivity index (χ3n) is 6.86. The molecule has 0 N–H and O–H groups in total. The third kappa shape index (κ3) is 5.66. The first-order valence-corrected chi connectivity index (χ1v) is 12.4. The molecule has 2 amide bonds. The van der Waals surface area contributed by atoms with Crippen LogP contribution in [0.4, 0.5) is 0 Å². The molecule has 33 heavy (non-hydrogen) atoms. The summed E-state index contributed by atoms with van der Waals surface area (Å²) in [4.78, 5) is 31.7. The van der Waals surface area contributed by atoms with Crippen molar-refractivity contribution in [3.8, 4) is 0 Å². The molecule has 1 aliphatic rings. The molecule has 0 unspecified atom stereocenters. The molecule has 2 aromatic carbocycles. The second-order valence-corrected chi connectivity index (χ2v) is 10.7. The molecule has 1 fully saturated rings. The van der Waals surface area contributed by atoms with Crippen LogP contribution < -0.4 is 0 Å². The van der Waals surface area contributed by atoms with E-state index in [9.17, 15) is 9.59 Å². The lowest BCUT2D eigenvalue weighted by Crippen LogP contribution is -2.68. The molecule has 0 saturated carbocycles. The van der Waals surface area contributed by atoms with Gasteiger partial charge in [-0.3, -0.25) is 9.59 Å². The van der Waals surface area contributed by atoms with Gasteiger partial charge < -0.3 is 9.80 Å². The Morgan fingerprint density at radius 2 is 1.58 bits per heavy atom. The lowest BCUT2D eigenvalue weighted by Gasteiger charge is -2.55. The van der Waals surface area contributed by atoms with Crippen LogP contribution in [-0.4, -0.2) is 41.4 Å². The predicted octanol–water partition coefficient (Wildman–Crippen LogP) is 6.17. The molecule has 2 atom stereocenters. The molecule has 0 aromatic heterocycles. The molecule has 0 aliphatic carbocycles. The van der Waals surface area contributed by atoms with Crippen molar-refractivity contribution < 1.29 is 9.59 Å². The van der Waals surface area contributed by atoms with Crippen LogP contribution in [0.15, 0.2) is 60.7 Å². The summed E-state index contributed by atoms with van der Waals surface area (Å²) in [5.74, 6) is 0.167. The van der Waals surface area contributed by atoms with E-state index >= 15 is 0 Å². The van der Waals surface area contributed by atoms with E-state index in [1.54, 1.807) is 0 Å². The number of amides is 2. The highest BCUT2D eigenvalue weighted by Gasteiger charge is 2.53. The van der Waals surface area contributed by atoms with Gasteiger partial charge in [-0.25, -0.2) is 0 Å². The maximum absolute atomic E-state index is 14.1. The average molecular weight is 449 g/mol. The van der Waals surface area contributed by atoms with Gasteiger partial charge in [-0.1, -0.05) is 102 Å². The van der Waals surface area contributed by atoms with Gasteiger partial charge in [0.1, 0.15) is 6.17 Å². The maximum atomic E-state index is 14.1. The number of rotatable bonds is 8. The molecular formula is C29H40N2O2. The van der Waals surface area contributed by atoms with E-state index in [2.05, 4.69) is 39.8 Å². The fourth-order valence-electron chi connectivity index (χ4n) is 5.43. The van der Waals surface area contributed by atoms with E-state index in [4.69, 9.17) is 0 Å². The normalized spacial score (nSPS) is 21.4. The summed E-state index contributed by atoms with van der Waals surface area (Å²) in [6.45, 7) is 8.98. The van der Waals surface area contributed by atoms with Crippen LogP contribution in [0.25, 0.3) is 0 Å². The summed E-state index contributed by atoms with van der Waals surface area (Å²) >= 11 is 0. The molecule has 178 valence electrons. The Morgan fingerprint density at radius 3 is 2.15 bits per heavy atom. The smallest absolute Gasteiger partial charge is 0.255 e. The third-order valence-corrected chi connectivity index (χ3v) is 6.86.